The fraction of sp³-hybridized carbons (Fsp3) is 0.429. The number of fused-ring (bicyclic) bond motifs is 1. The van der Waals surface area contributed by atoms with Gasteiger partial charge in [0.05, 0.1) is 13.2 Å². The summed E-state index contributed by atoms with van der Waals surface area (Å²) in [4.78, 5) is 24.0. The van der Waals surface area contributed by atoms with Gasteiger partial charge in [0.15, 0.2) is 0 Å². The Morgan fingerprint density at radius 3 is 2.79 bits per heavy atom. The van der Waals surface area contributed by atoms with E-state index < -0.39 is 6.04 Å². The van der Waals surface area contributed by atoms with Crippen molar-refractivity contribution in [3.63, 3.8) is 0 Å². The zero-order valence-corrected chi connectivity index (χ0v) is 16.6. The Bertz CT molecular complexity index is 952. The smallest absolute Gasteiger partial charge is 0.254 e. The van der Waals surface area contributed by atoms with Crippen LogP contribution in [0.4, 0.5) is 5.82 Å². The van der Waals surface area contributed by atoms with Gasteiger partial charge in [0.1, 0.15) is 18.2 Å². The molecule has 0 spiro atoms. The van der Waals surface area contributed by atoms with Gasteiger partial charge in [-0.25, -0.2) is 4.98 Å². The van der Waals surface area contributed by atoms with Gasteiger partial charge in [0.2, 0.25) is 5.91 Å². The molecule has 1 fully saturated rings. The number of ether oxygens (including phenoxy) is 1. The summed E-state index contributed by atoms with van der Waals surface area (Å²) in [6.07, 6.45) is 3.90. The molecule has 29 heavy (non-hydrogen) atoms. The van der Waals surface area contributed by atoms with Crippen molar-refractivity contribution in [1.29, 1.82) is 0 Å². The SMILES string of the molecule is CCCc1cc(N[C@@H](Cc2ccccc2)C(=O)N2CCOCC2)n2ncnc2n1. The number of hydrogen-bond acceptors (Lipinski definition) is 6. The second kappa shape index (κ2) is 9.00. The van der Waals surface area contributed by atoms with Crippen LogP contribution in [0.3, 0.4) is 0 Å². The Morgan fingerprint density at radius 2 is 2.03 bits per heavy atom. The third-order valence-corrected chi connectivity index (χ3v) is 5.04. The van der Waals surface area contributed by atoms with E-state index in [9.17, 15) is 4.79 Å². The van der Waals surface area contributed by atoms with Crippen LogP contribution in [0.15, 0.2) is 42.7 Å². The zero-order valence-electron chi connectivity index (χ0n) is 16.6. The van der Waals surface area contributed by atoms with Gasteiger partial charge in [-0.15, -0.1) is 0 Å². The molecule has 1 amide bonds. The summed E-state index contributed by atoms with van der Waals surface area (Å²) in [5.74, 6) is 1.34. The number of carbonyl (C=O) groups excluding carboxylic acids is 1. The highest BCUT2D eigenvalue weighted by atomic mass is 16.5. The maximum Gasteiger partial charge on any atom is 0.254 e. The Kier molecular flexibility index (Phi) is 6.00. The average Bonchev–Trinajstić information content (AvgIpc) is 3.23. The van der Waals surface area contributed by atoms with Crippen molar-refractivity contribution in [3.05, 3.63) is 54.0 Å². The maximum atomic E-state index is 13.3. The number of morpholine rings is 1. The van der Waals surface area contributed by atoms with Crippen LogP contribution in [0.2, 0.25) is 0 Å². The molecule has 1 N–H and O–H groups in total. The van der Waals surface area contributed by atoms with E-state index >= 15 is 0 Å². The Balaban J connectivity index is 1.64. The second-order valence-corrected chi connectivity index (χ2v) is 7.18. The van der Waals surface area contributed by atoms with Gasteiger partial charge in [-0.05, 0) is 12.0 Å². The van der Waals surface area contributed by atoms with E-state index in [1.807, 2.05) is 41.3 Å². The van der Waals surface area contributed by atoms with Gasteiger partial charge >= 0.3 is 0 Å². The molecule has 1 atom stereocenters. The van der Waals surface area contributed by atoms with Crippen LogP contribution >= 0.6 is 0 Å². The lowest BCUT2D eigenvalue weighted by Crippen LogP contribution is -2.49. The third-order valence-electron chi connectivity index (χ3n) is 5.04. The van der Waals surface area contributed by atoms with Crippen LogP contribution in [-0.2, 0) is 22.4 Å². The van der Waals surface area contributed by atoms with Gasteiger partial charge in [-0.3, -0.25) is 4.79 Å². The molecule has 0 aliphatic carbocycles. The summed E-state index contributed by atoms with van der Waals surface area (Å²) >= 11 is 0. The van der Waals surface area contributed by atoms with Crippen molar-refractivity contribution in [2.45, 2.75) is 32.2 Å². The Labute approximate surface area is 169 Å². The summed E-state index contributed by atoms with van der Waals surface area (Å²) in [6.45, 7) is 4.49. The van der Waals surface area contributed by atoms with E-state index in [-0.39, 0.29) is 5.91 Å². The monoisotopic (exact) mass is 394 g/mol. The van der Waals surface area contributed by atoms with Crippen molar-refractivity contribution in [3.8, 4) is 0 Å². The van der Waals surface area contributed by atoms with E-state index in [1.54, 1.807) is 4.52 Å². The maximum absolute atomic E-state index is 13.3. The fourth-order valence-corrected chi connectivity index (χ4v) is 3.58. The average molecular weight is 394 g/mol. The predicted octanol–water partition coefficient (Wildman–Crippen LogP) is 1.96. The molecule has 2 aromatic heterocycles. The minimum atomic E-state index is -0.417. The second-order valence-electron chi connectivity index (χ2n) is 7.18. The summed E-state index contributed by atoms with van der Waals surface area (Å²) in [5.41, 5.74) is 2.04. The summed E-state index contributed by atoms with van der Waals surface area (Å²) in [6, 6.07) is 11.6. The normalized spacial score (nSPS) is 15.4. The number of benzene rings is 1. The van der Waals surface area contributed by atoms with Gasteiger partial charge in [0, 0.05) is 31.3 Å². The number of nitrogens with zero attached hydrogens (tertiary/aromatic N) is 5. The number of rotatable bonds is 7. The number of hydrogen-bond donors (Lipinski definition) is 1. The number of carbonyl (C=O) groups is 1. The minimum Gasteiger partial charge on any atom is -0.378 e. The fourth-order valence-electron chi connectivity index (χ4n) is 3.58. The number of anilines is 1. The van der Waals surface area contributed by atoms with E-state index in [4.69, 9.17) is 4.74 Å². The molecule has 0 unspecified atom stereocenters. The molecule has 4 rings (SSSR count). The molecule has 0 saturated carbocycles. The summed E-state index contributed by atoms with van der Waals surface area (Å²) in [5, 5.41) is 7.73. The van der Waals surface area contributed by atoms with Gasteiger partial charge in [-0.1, -0.05) is 43.7 Å². The molecule has 1 aliphatic rings. The number of nitrogens with one attached hydrogen (secondary N) is 1. The molecule has 1 aromatic carbocycles. The van der Waals surface area contributed by atoms with Crippen LogP contribution in [0.1, 0.15) is 24.6 Å². The Morgan fingerprint density at radius 1 is 1.24 bits per heavy atom. The van der Waals surface area contributed by atoms with E-state index in [0.717, 1.165) is 29.9 Å². The van der Waals surface area contributed by atoms with Crippen molar-refractivity contribution < 1.29 is 9.53 Å². The Hall–Kier alpha value is -3.00. The molecule has 8 nitrogen and oxygen atoms in total. The minimum absolute atomic E-state index is 0.0688. The number of amides is 1. The molecule has 0 bridgehead atoms. The van der Waals surface area contributed by atoms with Gasteiger partial charge in [0.25, 0.3) is 5.78 Å². The molecular weight excluding hydrogens is 368 g/mol. The van der Waals surface area contributed by atoms with Crippen LogP contribution in [-0.4, -0.2) is 62.7 Å². The largest absolute Gasteiger partial charge is 0.378 e. The van der Waals surface area contributed by atoms with E-state index in [2.05, 4.69) is 27.3 Å². The molecule has 3 heterocycles. The molecule has 8 heteroatoms. The van der Waals surface area contributed by atoms with Crippen molar-refractivity contribution in [2.24, 2.45) is 0 Å². The van der Waals surface area contributed by atoms with Crippen LogP contribution in [0.5, 0.6) is 0 Å². The lowest BCUT2D eigenvalue weighted by molar-refractivity contribution is -0.136. The highest BCUT2D eigenvalue weighted by Crippen LogP contribution is 2.17. The van der Waals surface area contributed by atoms with Gasteiger partial charge in [-0.2, -0.15) is 14.6 Å². The van der Waals surface area contributed by atoms with Crippen molar-refractivity contribution >= 4 is 17.5 Å². The molecule has 3 aromatic rings. The lowest BCUT2D eigenvalue weighted by Gasteiger charge is -2.31. The highest BCUT2D eigenvalue weighted by molar-refractivity contribution is 5.85. The quantitative estimate of drug-likeness (QED) is 0.659. The first-order valence-corrected chi connectivity index (χ1v) is 10.1. The first-order chi connectivity index (χ1) is 14.2. The topological polar surface area (TPSA) is 84.7 Å². The van der Waals surface area contributed by atoms with Crippen molar-refractivity contribution in [1.82, 2.24) is 24.5 Å². The number of aromatic nitrogens is 4. The van der Waals surface area contributed by atoms with Crippen LogP contribution < -0.4 is 5.32 Å². The van der Waals surface area contributed by atoms with Gasteiger partial charge < -0.3 is 15.0 Å². The van der Waals surface area contributed by atoms with E-state index in [1.165, 1.54) is 6.33 Å². The standard InChI is InChI=1S/C21H26N6O2/c1-2-6-17-14-19(27-21(24-17)22-15-23-27)25-18(13-16-7-4-3-5-8-16)20(28)26-9-11-29-12-10-26/h3-5,7-8,14-15,18,25H,2,6,9-13H2,1H3/t18-/m0/s1. The summed E-state index contributed by atoms with van der Waals surface area (Å²) in [7, 11) is 0. The van der Waals surface area contributed by atoms with Crippen LogP contribution in [0, 0.1) is 0 Å². The highest BCUT2D eigenvalue weighted by Gasteiger charge is 2.27. The van der Waals surface area contributed by atoms with Crippen LogP contribution in [0.25, 0.3) is 5.78 Å². The van der Waals surface area contributed by atoms with E-state index in [0.29, 0.717) is 38.5 Å². The molecule has 152 valence electrons. The first kappa shape index (κ1) is 19.3. The number of aryl methyl sites for hydroxylation is 1. The molecule has 1 saturated heterocycles. The molecule has 1 aliphatic heterocycles. The molecular formula is C21H26N6O2. The summed E-state index contributed by atoms with van der Waals surface area (Å²) < 4.78 is 7.07. The first-order valence-electron chi connectivity index (χ1n) is 10.1. The zero-order chi connectivity index (χ0) is 20.1. The lowest BCUT2D eigenvalue weighted by atomic mass is 10.0. The molecule has 0 radical (unpaired) electrons. The van der Waals surface area contributed by atoms with Crippen molar-refractivity contribution in [2.75, 3.05) is 31.6 Å². The predicted molar refractivity (Wildman–Crippen MR) is 110 cm³/mol. The third kappa shape index (κ3) is 4.54.